The second kappa shape index (κ2) is 65.8. The number of ether oxygens (including phenoxy) is 7. The summed E-state index contributed by atoms with van der Waals surface area (Å²) in [4.78, 5) is 54.6. The molecule has 19 heteroatoms. The van der Waals surface area contributed by atoms with Gasteiger partial charge in [-0.1, -0.05) is 374 Å². The van der Waals surface area contributed by atoms with Gasteiger partial charge in [0.25, 0.3) is 0 Å². The average molecular weight is 1460 g/mol. The van der Waals surface area contributed by atoms with Gasteiger partial charge in [0.1, 0.15) is 43.7 Å². The van der Waals surface area contributed by atoms with Crippen LogP contribution in [0.15, 0.2) is 0 Å². The molecule has 0 bridgehead atoms. The van der Waals surface area contributed by atoms with E-state index in [0.717, 1.165) is 116 Å². The predicted molar refractivity (Wildman–Crippen MR) is 402 cm³/mol. The molecule has 2 aliphatic rings. The van der Waals surface area contributed by atoms with Crippen LogP contribution in [-0.4, -0.2) is 127 Å². The van der Waals surface area contributed by atoms with Crippen molar-refractivity contribution in [2.45, 2.75) is 487 Å². The molecule has 101 heavy (non-hydrogen) atoms. The van der Waals surface area contributed by atoms with Gasteiger partial charge in [-0.05, 0) is 25.7 Å². The van der Waals surface area contributed by atoms with Crippen molar-refractivity contribution in [3.63, 3.8) is 0 Å². The highest BCUT2D eigenvalue weighted by molar-refractivity contribution is 7.80. The largest absolute Gasteiger partial charge is 0.726 e. The van der Waals surface area contributed by atoms with E-state index in [9.17, 15) is 47.5 Å². The second-order valence-corrected chi connectivity index (χ2v) is 31.0. The highest BCUT2D eigenvalue weighted by Gasteiger charge is 2.55. The SMILES string of the molecule is CCCCCCCCCCCCCCCCCC(=O)OCC1OC(OC2OC(COC(=O)CCCCCCCCCCCCCCCCC)C(O)C(OC(=O)CCCCCCCCCCCCCCCCC)C2OC(=O)CCCCCCCCCCCCCCC)C(OS(=O)(=O)[O-])C(O)C1O. The molecule has 0 aliphatic carbocycles. The van der Waals surface area contributed by atoms with E-state index >= 15 is 0 Å². The second-order valence-electron chi connectivity index (χ2n) is 30.0. The minimum Gasteiger partial charge on any atom is -0.726 e. The van der Waals surface area contributed by atoms with Crippen LogP contribution in [0.5, 0.6) is 0 Å². The zero-order chi connectivity index (χ0) is 73.5. The van der Waals surface area contributed by atoms with Crippen LogP contribution in [0, 0.1) is 0 Å². The van der Waals surface area contributed by atoms with E-state index < -0.39 is 109 Å². The molecule has 0 radical (unpaired) electrons. The lowest BCUT2D eigenvalue weighted by Crippen LogP contribution is -2.65. The van der Waals surface area contributed by atoms with Crippen LogP contribution >= 0.6 is 0 Å². The number of carbonyl (C=O) groups excluding carboxylic acids is 4. The summed E-state index contributed by atoms with van der Waals surface area (Å²) >= 11 is 0. The van der Waals surface area contributed by atoms with Crippen molar-refractivity contribution >= 4 is 34.3 Å². The third-order valence-electron chi connectivity index (χ3n) is 20.6. The van der Waals surface area contributed by atoms with Crippen LogP contribution in [0.2, 0.25) is 0 Å². The lowest BCUT2D eigenvalue weighted by molar-refractivity contribution is -0.374. The highest BCUT2D eigenvalue weighted by Crippen LogP contribution is 2.34. The summed E-state index contributed by atoms with van der Waals surface area (Å²) in [7, 11) is -5.66. The minimum atomic E-state index is -5.66. The van der Waals surface area contributed by atoms with E-state index in [0.29, 0.717) is 25.7 Å². The van der Waals surface area contributed by atoms with Gasteiger partial charge in [-0.3, -0.25) is 23.4 Å². The summed E-state index contributed by atoms with van der Waals surface area (Å²) in [5, 5.41) is 35.1. The maximum atomic E-state index is 14.0. The van der Waals surface area contributed by atoms with Gasteiger partial charge in [-0.2, -0.15) is 0 Å². The fourth-order valence-electron chi connectivity index (χ4n) is 14.0. The van der Waals surface area contributed by atoms with Crippen LogP contribution in [-0.2, 0) is 66.9 Å². The lowest BCUT2D eigenvalue weighted by Gasteiger charge is -2.47. The number of carbonyl (C=O) groups is 4. The summed E-state index contributed by atoms with van der Waals surface area (Å²) in [5.41, 5.74) is 0. The zero-order valence-electron chi connectivity index (χ0n) is 64.9. The van der Waals surface area contributed by atoms with Crippen molar-refractivity contribution in [3.05, 3.63) is 0 Å². The van der Waals surface area contributed by atoms with Crippen LogP contribution in [0.1, 0.15) is 426 Å². The fourth-order valence-corrected chi connectivity index (χ4v) is 14.5. The predicted octanol–water partition coefficient (Wildman–Crippen LogP) is 20.6. The molecule has 2 fully saturated rings. The number of unbranched alkanes of at least 4 members (excludes halogenated alkanes) is 54. The molecule has 2 saturated heterocycles. The molecule has 10 atom stereocenters. The van der Waals surface area contributed by atoms with Crippen molar-refractivity contribution in [2.75, 3.05) is 13.2 Å². The number of aliphatic hydroxyl groups is 3. The molecule has 18 nitrogen and oxygen atoms in total. The van der Waals surface area contributed by atoms with Crippen molar-refractivity contribution in [2.24, 2.45) is 0 Å². The standard InChI is InChI=1S/C82H154O18S/c1-5-9-13-17-21-25-29-33-36-40-43-47-51-55-59-63-71(83)93-67-69-75(87)77(89)79(100-101(90,91)92)81(95-69)99-82-80(98-74(86)66-62-58-54-50-45-39-32-28-24-20-16-12-8-4)78(97-73(85)65-61-57-53-49-46-42-38-35-31-27-23-19-15-11-7-3)76(88)70(96-82)68-94-72(84)64-60-56-52-48-44-41-37-34-30-26-22-18-14-10-6-2/h69-70,75-82,87-89H,5-68H2,1-4H3,(H,90,91,92)/p-1. The topological polar surface area (TPSA) is 260 Å². The summed E-state index contributed by atoms with van der Waals surface area (Å²) < 4.78 is 83.9. The van der Waals surface area contributed by atoms with E-state index in [2.05, 4.69) is 27.7 Å². The lowest BCUT2D eigenvalue weighted by atomic mass is 9.97. The Balaban J connectivity index is 2.27. The maximum Gasteiger partial charge on any atom is 0.306 e. The molecule has 2 rings (SSSR count). The molecule has 2 aliphatic heterocycles. The third kappa shape index (κ3) is 52.2. The molecule has 596 valence electrons. The Kier molecular flexibility index (Phi) is 61.6. The van der Waals surface area contributed by atoms with Crippen LogP contribution in [0.4, 0.5) is 0 Å². The van der Waals surface area contributed by atoms with Gasteiger partial charge >= 0.3 is 23.9 Å². The van der Waals surface area contributed by atoms with Gasteiger partial charge in [-0.25, -0.2) is 8.42 Å². The maximum absolute atomic E-state index is 14.0. The summed E-state index contributed by atoms with van der Waals surface area (Å²) in [6.07, 6.45) is 47.0. The fraction of sp³-hybridized carbons (Fsp3) is 0.951. The number of hydrogen-bond acceptors (Lipinski definition) is 18. The molecule has 0 aromatic heterocycles. The number of aliphatic hydroxyl groups excluding tert-OH is 3. The molecule has 2 heterocycles. The van der Waals surface area contributed by atoms with Crippen LogP contribution in [0.25, 0.3) is 0 Å². The Hall–Kier alpha value is -2.49. The first-order valence-corrected chi connectivity index (χ1v) is 43.8. The van der Waals surface area contributed by atoms with Gasteiger partial charge in [0.05, 0.1) is 0 Å². The van der Waals surface area contributed by atoms with Crippen LogP contribution in [0.3, 0.4) is 0 Å². The van der Waals surface area contributed by atoms with Gasteiger partial charge < -0.3 is 53.0 Å². The summed E-state index contributed by atoms with van der Waals surface area (Å²) in [5.74, 6) is -2.65. The average Bonchev–Trinajstić information content (AvgIpc) is 0.779. The Morgan fingerprint density at radius 2 is 0.515 bits per heavy atom. The molecular formula is C82H153O18S-. The van der Waals surface area contributed by atoms with E-state index in [1.165, 1.54) is 231 Å². The number of rotatable bonds is 72. The third-order valence-corrected chi connectivity index (χ3v) is 21.0. The first-order valence-electron chi connectivity index (χ1n) is 42.5. The Labute approximate surface area is 616 Å². The number of esters is 4. The molecule has 0 spiro atoms. The first kappa shape index (κ1) is 94.6. The minimum absolute atomic E-state index is 0.0423. The van der Waals surface area contributed by atoms with Crippen molar-refractivity contribution < 1.29 is 84.8 Å². The Morgan fingerprint density at radius 1 is 0.297 bits per heavy atom. The summed E-state index contributed by atoms with van der Waals surface area (Å²) in [6.45, 7) is 7.73. The zero-order valence-corrected chi connectivity index (χ0v) is 65.7. The van der Waals surface area contributed by atoms with Gasteiger partial charge in [0.15, 0.2) is 24.6 Å². The number of hydrogen-bond donors (Lipinski definition) is 3. The quantitative estimate of drug-likeness (QED) is 0.0168. The first-order chi connectivity index (χ1) is 49.1. The van der Waals surface area contributed by atoms with Crippen molar-refractivity contribution in [3.8, 4) is 0 Å². The van der Waals surface area contributed by atoms with E-state index in [-0.39, 0.29) is 25.7 Å². The molecular weight excluding hydrogens is 1300 g/mol. The van der Waals surface area contributed by atoms with Crippen molar-refractivity contribution in [1.82, 2.24) is 0 Å². The molecule has 0 amide bonds. The normalized spacial score (nSPS) is 20.9. The molecule has 0 aromatic carbocycles. The molecule has 3 N–H and O–H groups in total. The highest BCUT2D eigenvalue weighted by atomic mass is 32.3. The van der Waals surface area contributed by atoms with E-state index in [1.54, 1.807) is 0 Å². The summed E-state index contributed by atoms with van der Waals surface area (Å²) in [6, 6.07) is 0. The Morgan fingerprint density at radius 3 is 0.772 bits per heavy atom. The smallest absolute Gasteiger partial charge is 0.306 e. The van der Waals surface area contributed by atoms with E-state index in [1.807, 2.05) is 0 Å². The van der Waals surface area contributed by atoms with E-state index in [4.69, 9.17) is 37.3 Å². The van der Waals surface area contributed by atoms with Gasteiger partial charge in [0.2, 0.25) is 16.7 Å². The van der Waals surface area contributed by atoms with Crippen LogP contribution < -0.4 is 0 Å². The van der Waals surface area contributed by atoms with Gasteiger partial charge in [0, 0.05) is 25.7 Å². The monoisotopic (exact) mass is 1460 g/mol. The molecule has 0 saturated carbocycles. The van der Waals surface area contributed by atoms with Gasteiger partial charge in [-0.15, -0.1) is 0 Å². The Bertz CT molecular complexity index is 2050. The van der Waals surface area contributed by atoms with Crippen molar-refractivity contribution in [1.29, 1.82) is 0 Å². The molecule has 10 unspecified atom stereocenters. The molecule has 0 aromatic rings.